The third-order valence-corrected chi connectivity index (χ3v) is 3.59. The Hall–Kier alpha value is -1.22. The fraction of sp³-hybridized carbons (Fsp3) is 0.571. The molecule has 1 aromatic carbocycles. The highest BCUT2D eigenvalue weighted by molar-refractivity contribution is 5.48. The minimum absolute atomic E-state index is 0.625. The molecule has 0 radical (unpaired) electrons. The van der Waals surface area contributed by atoms with Gasteiger partial charge in [0, 0.05) is 5.56 Å². The molecule has 0 saturated carbocycles. The first kappa shape index (κ1) is 12.2. The Morgan fingerprint density at radius 2 is 1.59 bits per heavy atom. The van der Waals surface area contributed by atoms with Gasteiger partial charge in [0.05, 0.1) is 14.2 Å². The zero-order valence-electron chi connectivity index (χ0n) is 10.9. The Labute approximate surface area is 103 Å². The van der Waals surface area contributed by atoms with Crippen LogP contribution in [0.25, 0.3) is 0 Å². The lowest BCUT2D eigenvalue weighted by Crippen LogP contribution is -2.26. The summed E-state index contributed by atoms with van der Waals surface area (Å²) in [5.41, 5.74) is 2.42. The van der Waals surface area contributed by atoms with E-state index < -0.39 is 0 Å². The highest BCUT2D eigenvalue weighted by Gasteiger charge is 2.18. The van der Waals surface area contributed by atoms with Crippen molar-refractivity contribution in [1.29, 1.82) is 0 Å². The highest BCUT2D eigenvalue weighted by atomic mass is 16.5. The van der Waals surface area contributed by atoms with E-state index in [1.807, 2.05) is 6.92 Å². The van der Waals surface area contributed by atoms with E-state index in [0.717, 1.165) is 30.2 Å². The fourth-order valence-corrected chi connectivity index (χ4v) is 2.50. The average molecular weight is 235 g/mol. The predicted molar refractivity (Wildman–Crippen MR) is 69.1 cm³/mol. The summed E-state index contributed by atoms with van der Waals surface area (Å²) in [7, 11) is 3.43. The SMILES string of the molecule is COc1cc(C2CCNCC2)cc(OC)c1C. The molecule has 0 spiro atoms. The highest BCUT2D eigenvalue weighted by Crippen LogP contribution is 2.35. The zero-order valence-corrected chi connectivity index (χ0v) is 10.9. The first-order valence-electron chi connectivity index (χ1n) is 6.19. The van der Waals surface area contributed by atoms with Crippen LogP contribution >= 0.6 is 0 Å². The van der Waals surface area contributed by atoms with E-state index in [9.17, 15) is 0 Å². The van der Waals surface area contributed by atoms with Crippen molar-refractivity contribution in [2.75, 3.05) is 27.3 Å². The summed E-state index contributed by atoms with van der Waals surface area (Å²) in [6, 6.07) is 4.32. The van der Waals surface area contributed by atoms with Crippen LogP contribution in [0.4, 0.5) is 0 Å². The van der Waals surface area contributed by atoms with Crippen molar-refractivity contribution in [1.82, 2.24) is 5.32 Å². The first-order chi connectivity index (χ1) is 8.26. The van der Waals surface area contributed by atoms with Gasteiger partial charge in [-0.25, -0.2) is 0 Å². The van der Waals surface area contributed by atoms with Crippen LogP contribution in [-0.2, 0) is 0 Å². The Morgan fingerprint density at radius 3 is 2.06 bits per heavy atom. The molecule has 1 fully saturated rings. The molecule has 3 heteroatoms. The summed E-state index contributed by atoms with van der Waals surface area (Å²) in [5.74, 6) is 2.48. The van der Waals surface area contributed by atoms with E-state index in [4.69, 9.17) is 9.47 Å². The van der Waals surface area contributed by atoms with Gasteiger partial charge in [-0.3, -0.25) is 0 Å². The Morgan fingerprint density at radius 1 is 1.06 bits per heavy atom. The van der Waals surface area contributed by atoms with Crippen molar-refractivity contribution >= 4 is 0 Å². The van der Waals surface area contributed by atoms with Gasteiger partial charge in [0.25, 0.3) is 0 Å². The summed E-state index contributed by atoms with van der Waals surface area (Å²) >= 11 is 0. The van der Waals surface area contributed by atoms with Crippen molar-refractivity contribution < 1.29 is 9.47 Å². The molecule has 1 aromatic rings. The number of piperidine rings is 1. The van der Waals surface area contributed by atoms with E-state index in [2.05, 4.69) is 17.4 Å². The molecule has 0 unspecified atom stereocenters. The van der Waals surface area contributed by atoms with Gasteiger partial charge in [-0.2, -0.15) is 0 Å². The topological polar surface area (TPSA) is 30.5 Å². The summed E-state index contributed by atoms with van der Waals surface area (Å²) in [4.78, 5) is 0. The number of methoxy groups -OCH3 is 2. The largest absolute Gasteiger partial charge is 0.496 e. The molecule has 17 heavy (non-hydrogen) atoms. The Kier molecular flexibility index (Phi) is 3.89. The second kappa shape index (κ2) is 5.41. The van der Waals surface area contributed by atoms with Gasteiger partial charge in [0.2, 0.25) is 0 Å². The molecule has 1 saturated heterocycles. The van der Waals surface area contributed by atoms with Gasteiger partial charge < -0.3 is 14.8 Å². The molecule has 1 N–H and O–H groups in total. The second-order valence-corrected chi connectivity index (χ2v) is 4.57. The van der Waals surface area contributed by atoms with Crippen molar-refractivity contribution in [2.24, 2.45) is 0 Å². The maximum absolute atomic E-state index is 5.42. The van der Waals surface area contributed by atoms with Gasteiger partial charge in [0.1, 0.15) is 11.5 Å². The molecule has 0 aromatic heterocycles. The van der Waals surface area contributed by atoms with E-state index in [0.29, 0.717) is 5.92 Å². The Bertz CT molecular complexity index is 359. The number of hydrogen-bond donors (Lipinski definition) is 1. The van der Waals surface area contributed by atoms with E-state index >= 15 is 0 Å². The van der Waals surface area contributed by atoms with Crippen LogP contribution in [0.1, 0.15) is 29.9 Å². The lowest BCUT2D eigenvalue weighted by Gasteiger charge is -2.24. The van der Waals surface area contributed by atoms with Gasteiger partial charge >= 0.3 is 0 Å². The van der Waals surface area contributed by atoms with Crippen molar-refractivity contribution in [2.45, 2.75) is 25.7 Å². The van der Waals surface area contributed by atoms with E-state index in [1.54, 1.807) is 14.2 Å². The number of hydrogen-bond acceptors (Lipinski definition) is 3. The first-order valence-corrected chi connectivity index (χ1v) is 6.19. The van der Waals surface area contributed by atoms with Crippen LogP contribution in [0.3, 0.4) is 0 Å². The maximum atomic E-state index is 5.42. The molecule has 0 amide bonds. The van der Waals surface area contributed by atoms with Crippen LogP contribution in [0, 0.1) is 6.92 Å². The lowest BCUT2D eigenvalue weighted by atomic mass is 9.89. The van der Waals surface area contributed by atoms with Gasteiger partial charge in [-0.1, -0.05) is 0 Å². The number of nitrogens with one attached hydrogen (secondary N) is 1. The summed E-state index contributed by atoms with van der Waals surface area (Å²) < 4.78 is 10.8. The van der Waals surface area contributed by atoms with Crippen LogP contribution in [0.15, 0.2) is 12.1 Å². The Balaban J connectivity index is 2.33. The summed E-state index contributed by atoms with van der Waals surface area (Å²) in [6.45, 7) is 4.23. The van der Waals surface area contributed by atoms with Crippen LogP contribution in [0.5, 0.6) is 11.5 Å². The monoisotopic (exact) mass is 235 g/mol. The normalized spacial score (nSPS) is 16.9. The lowest BCUT2D eigenvalue weighted by molar-refractivity contribution is 0.384. The van der Waals surface area contributed by atoms with Gasteiger partial charge in [-0.05, 0) is 56.5 Å². The molecule has 3 nitrogen and oxygen atoms in total. The molecule has 1 heterocycles. The van der Waals surface area contributed by atoms with Crippen LogP contribution in [0.2, 0.25) is 0 Å². The number of ether oxygens (including phenoxy) is 2. The molecule has 1 aliphatic heterocycles. The third kappa shape index (κ3) is 2.55. The molecule has 1 aliphatic rings. The standard InChI is InChI=1S/C14H21NO2/c1-10-13(16-2)8-12(9-14(10)17-3)11-4-6-15-7-5-11/h8-9,11,15H,4-7H2,1-3H3. The van der Waals surface area contributed by atoms with Crippen LogP contribution < -0.4 is 14.8 Å². The molecule has 0 atom stereocenters. The second-order valence-electron chi connectivity index (χ2n) is 4.57. The molecule has 2 rings (SSSR count). The summed E-state index contributed by atoms with van der Waals surface area (Å²) in [5, 5.41) is 3.39. The number of benzene rings is 1. The minimum atomic E-state index is 0.625. The van der Waals surface area contributed by atoms with E-state index in [1.165, 1.54) is 18.4 Å². The fourth-order valence-electron chi connectivity index (χ4n) is 2.50. The van der Waals surface area contributed by atoms with Crippen molar-refractivity contribution in [3.05, 3.63) is 23.3 Å². The van der Waals surface area contributed by atoms with E-state index in [-0.39, 0.29) is 0 Å². The smallest absolute Gasteiger partial charge is 0.125 e. The average Bonchev–Trinajstić information content (AvgIpc) is 2.40. The molecular weight excluding hydrogens is 214 g/mol. The predicted octanol–water partition coefficient (Wildman–Crippen LogP) is 2.48. The molecule has 0 bridgehead atoms. The van der Waals surface area contributed by atoms with Crippen LogP contribution in [-0.4, -0.2) is 27.3 Å². The molecule has 0 aliphatic carbocycles. The van der Waals surface area contributed by atoms with Gasteiger partial charge in [-0.15, -0.1) is 0 Å². The maximum Gasteiger partial charge on any atom is 0.125 e. The summed E-state index contributed by atoms with van der Waals surface area (Å²) in [6.07, 6.45) is 2.38. The van der Waals surface area contributed by atoms with Gasteiger partial charge in [0.15, 0.2) is 0 Å². The van der Waals surface area contributed by atoms with Crippen molar-refractivity contribution in [3.63, 3.8) is 0 Å². The molecular formula is C14H21NO2. The van der Waals surface area contributed by atoms with Crippen molar-refractivity contribution in [3.8, 4) is 11.5 Å². The zero-order chi connectivity index (χ0) is 12.3. The molecule has 94 valence electrons. The minimum Gasteiger partial charge on any atom is -0.496 e. The third-order valence-electron chi connectivity index (χ3n) is 3.59. The number of rotatable bonds is 3. The quantitative estimate of drug-likeness (QED) is 0.873.